The second-order valence-electron chi connectivity index (χ2n) is 7.93. The van der Waals surface area contributed by atoms with Gasteiger partial charge in [0.2, 0.25) is 0 Å². The summed E-state index contributed by atoms with van der Waals surface area (Å²) in [6, 6.07) is 0. The molecule has 0 bridgehead atoms. The van der Waals surface area contributed by atoms with Gasteiger partial charge < -0.3 is 5.11 Å². The Bertz CT molecular complexity index is 560. The highest BCUT2D eigenvalue weighted by Gasteiger charge is 2.55. The Morgan fingerprint density at radius 2 is 2.14 bits per heavy atom. The molecule has 2 saturated carbocycles. The Balaban J connectivity index is 1.65. The summed E-state index contributed by atoms with van der Waals surface area (Å²) < 4.78 is 0. The fourth-order valence-electron chi connectivity index (χ4n) is 6.08. The van der Waals surface area contributed by atoms with Crippen molar-refractivity contribution in [3.05, 3.63) is 23.8 Å². The van der Waals surface area contributed by atoms with E-state index in [1.807, 2.05) is 6.92 Å². The predicted octanol–water partition coefficient (Wildman–Crippen LogP) is 4.48. The Hall–Kier alpha value is -1.00. The van der Waals surface area contributed by atoms with E-state index in [2.05, 4.69) is 30.1 Å². The lowest BCUT2D eigenvalue weighted by molar-refractivity contribution is -0.0453. The zero-order valence-corrected chi connectivity index (χ0v) is 13.7. The minimum atomic E-state index is -0.281. The van der Waals surface area contributed by atoms with Crippen molar-refractivity contribution in [1.82, 2.24) is 0 Å². The van der Waals surface area contributed by atoms with E-state index in [1.54, 1.807) is 5.57 Å². The lowest BCUT2D eigenvalue weighted by atomic mass is 9.51. The van der Waals surface area contributed by atoms with Gasteiger partial charge >= 0.3 is 0 Å². The molecule has 0 unspecified atom stereocenters. The largest absolute Gasteiger partial charge is 0.388 e. The van der Waals surface area contributed by atoms with E-state index >= 15 is 0 Å². The van der Waals surface area contributed by atoms with Gasteiger partial charge in [-0.1, -0.05) is 30.2 Å². The lowest BCUT2D eigenvalue weighted by Gasteiger charge is -2.53. The third-order valence-electron chi connectivity index (χ3n) is 7.18. The molecule has 0 radical (unpaired) electrons. The van der Waals surface area contributed by atoms with Crippen LogP contribution < -0.4 is 0 Å². The van der Waals surface area contributed by atoms with Crippen LogP contribution in [0.3, 0.4) is 0 Å². The quantitative estimate of drug-likeness (QED) is 0.559. The topological polar surface area (TPSA) is 20.2 Å². The molecular weight excluding hydrogens is 268 g/mol. The predicted molar refractivity (Wildman–Crippen MR) is 90.0 cm³/mol. The molecule has 0 aromatic carbocycles. The summed E-state index contributed by atoms with van der Waals surface area (Å²) >= 11 is 0. The van der Waals surface area contributed by atoms with Crippen molar-refractivity contribution in [2.45, 2.75) is 64.4 Å². The van der Waals surface area contributed by atoms with Crippen LogP contribution in [0.25, 0.3) is 0 Å². The molecule has 4 aliphatic carbocycles. The van der Waals surface area contributed by atoms with E-state index in [0.29, 0.717) is 5.92 Å². The number of allylic oxidation sites excluding steroid dienone is 3. The van der Waals surface area contributed by atoms with Crippen molar-refractivity contribution in [2.24, 2.45) is 29.1 Å². The Morgan fingerprint density at radius 3 is 3.00 bits per heavy atom. The summed E-state index contributed by atoms with van der Waals surface area (Å²) in [6.07, 6.45) is 16.9. The molecule has 4 rings (SSSR count). The van der Waals surface area contributed by atoms with Gasteiger partial charge in [-0.15, -0.1) is 11.8 Å². The number of hydrogen-bond acceptors (Lipinski definition) is 1. The molecule has 118 valence electrons. The number of aliphatic hydroxyl groups excluding tert-OH is 1. The number of aliphatic hydroxyl groups is 1. The molecule has 2 fully saturated rings. The maximum absolute atomic E-state index is 10.7. The molecule has 4 aliphatic rings. The molecule has 0 amide bonds. The molecule has 0 aliphatic heterocycles. The Kier molecular flexibility index (Phi) is 3.69. The van der Waals surface area contributed by atoms with Crippen LogP contribution >= 0.6 is 0 Å². The van der Waals surface area contributed by atoms with Crippen LogP contribution in [0.4, 0.5) is 0 Å². The van der Waals surface area contributed by atoms with Gasteiger partial charge in [0.15, 0.2) is 0 Å². The van der Waals surface area contributed by atoms with Crippen molar-refractivity contribution < 1.29 is 5.11 Å². The molecule has 22 heavy (non-hydrogen) atoms. The monoisotopic (exact) mass is 296 g/mol. The first kappa shape index (κ1) is 14.6. The number of hydrogen-bond donors (Lipinski definition) is 1. The number of fused-ring (bicyclic) bond motifs is 5. The van der Waals surface area contributed by atoms with E-state index in [1.165, 1.54) is 38.5 Å². The summed E-state index contributed by atoms with van der Waals surface area (Å²) in [6.45, 7) is 1.92. The zero-order chi connectivity index (χ0) is 15.2. The van der Waals surface area contributed by atoms with Crippen molar-refractivity contribution in [1.29, 1.82) is 0 Å². The van der Waals surface area contributed by atoms with Crippen LogP contribution in [0.5, 0.6) is 0 Å². The first-order valence-corrected chi connectivity index (χ1v) is 9.21. The summed E-state index contributed by atoms with van der Waals surface area (Å²) in [5, 5.41) is 10.7. The maximum Gasteiger partial charge on any atom is 0.0792 e. The van der Waals surface area contributed by atoms with Gasteiger partial charge in [0.25, 0.3) is 0 Å². The van der Waals surface area contributed by atoms with Crippen LogP contribution in [0.1, 0.15) is 58.3 Å². The standard InChI is InChI=1S/C21H28O/c1-2-3-13-21-14-12-17-16-7-5-4-6-15(16)8-9-18(17)19(21)10-11-20(21)22/h8,10-11,16-20,22H,4-7,9,12-14H2,1H3/t16-,17+,18+,19-,20-,21-/m0/s1. The third kappa shape index (κ3) is 2.04. The summed E-state index contributed by atoms with van der Waals surface area (Å²) in [7, 11) is 0. The van der Waals surface area contributed by atoms with Crippen molar-refractivity contribution in [3.8, 4) is 11.8 Å². The molecule has 1 heteroatoms. The second kappa shape index (κ2) is 5.57. The van der Waals surface area contributed by atoms with E-state index in [-0.39, 0.29) is 11.5 Å². The Labute approximate surface area is 134 Å². The van der Waals surface area contributed by atoms with Crippen LogP contribution in [0, 0.1) is 40.9 Å². The van der Waals surface area contributed by atoms with Crippen molar-refractivity contribution in [3.63, 3.8) is 0 Å². The van der Waals surface area contributed by atoms with Crippen LogP contribution in [0.2, 0.25) is 0 Å². The highest BCUT2D eigenvalue weighted by Crippen LogP contribution is 2.60. The van der Waals surface area contributed by atoms with E-state index in [9.17, 15) is 5.11 Å². The van der Waals surface area contributed by atoms with E-state index < -0.39 is 0 Å². The van der Waals surface area contributed by atoms with Crippen LogP contribution in [-0.2, 0) is 0 Å². The minimum absolute atomic E-state index is 0.0180. The molecule has 6 atom stereocenters. The van der Waals surface area contributed by atoms with Gasteiger partial charge in [-0.2, -0.15) is 0 Å². The molecule has 1 nitrogen and oxygen atoms in total. The minimum Gasteiger partial charge on any atom is -0.388 e. The van der Waals surface area contributed by atoms with E-state index in [0.717, 1.165) is 30.6 Å². The first-order valence-electron chi connectivity index (χ1n) is 9.21. The third-order valence-corrected chi connectivity index (χ3v) is 7.18. The zero-order valence-electron chi connectivity index (χ0n) is 13.7. The van der Waals surface area contributed by atoms with Gasteiger partial charge in [0.05, 0.1) is 6.10 Å². The molecule has 0 saturated heterocycles. The summed E-state index contributed by atoms with van der Waals surface area (Å²) in [5.74, 6) is 9.36. The SMILES string of the molecule is CC#CC[C@]12CC[C@H]3[C@@H](CC=C4CCCC[C@@H]43)[C@@H]1C=C[C@@H]2O. The molecule has 0 aromatic heterocycles. The molecule has 0 aromatic rings. The van der Waals surface area contributed by atoms with Gasteiger partial charge in [-0.3, -0.25) is 0 Å². The molecule has 1 N–H and O–H groups in total. The molecule has 0 spiro atoms. The fraction of sp³-hybridized carbons (Fsp3) is 0.714. The van der Waals surface area contributed by atoms with E-state index in [4.69, 9.17) is 0 Å². The Morgan fingerprint density at radius 1 is 1.23 bits per heavy atom. The second-order valence-corrected chi connectivity index (χ2v) is 7.93. The first-order chi connectivity index (χ1) is 10.8. The molecule has 0 heterocycles. The van der Waals surface area contributed by atoms with Gasteiger partial charge in [-0.25, -0.2) is 0 Å². The highest BCUT2D eigenvalue weighted by atomic mass is 16.3. The average molecular weight is 296 g/mol. The van der Waals surface area contributed by atoms with Crippen LogP contribution in [0.15, 0.2) is 23.8 Å². The maximum atomic E-state index is 10.7. The highest BCUT2D eigenvalue weighted by molar-refractivity contribution is 5.26. The number of rotatable bonds is 1. The molecular formula is C21H28O. The normalized spacial score (nSPS) is 45.9. The smallest absolute Gasteiger partial charge is 0.0792 e. The summed E-state index contributed by atoms with van der Waals surface area (Å²) in [5.41, 5.74) is 1.79. The van der Waals surface area contributed by atoms with Crippen molar-refractivity contribution >= 4 is 0 Å². The van der Waals surface area contributed by atoms with Crippen molar-refractivity contribution in [2.75, 3.05) is 0 Å². The average Bonchev–Trinajstić information content (AvgIpc) is 2.90. The van der Waals surface area contributed by atoms with Gasteiger partial charge in [-0.05, 0) is 69.1 Å². The lowest BCUT2D eigenvalue weighted by Crippen LogP contribution is -2.48. The van der Waals surface area contributed by atoms with Crippen LogP contribution in [-0.4, -0.2) is 11.2 Å². The fourth-order valence-corrected chi connectivity index (χ4v) is 6.08. The van der Waals surface area contributed by atoms with Gasteiger partial charge in [0.1, 0.15) is 0 Å². The van der Waals surface area contributed by atoms with Gasteiger partial charge in [0, 0.05) is 11.8 Å². The summed E-state index contributed by atoms with van der Waals surface area (Å²) in [4.78, 5) is 0.